The number of benzene rings is 1. The van der Waals surface area contributed by atoms with Gasteiger partial charge in [-0.3, -0.25) is 0 Å². The van der Waals surface area contributed by atoms with Gasteiger partial charge in [-0.05, 0) is 49.1 Å². The fourth-order valence-corrected chi connectivity index (χ4v) is 3.31. The van der Waals surface area contributed by atoms with Crippen molar-refractivity contribution in [2.45, 2.75) is 51.2 Å². The minimum Gasteiger partial charge on any atom is -0.490 e. The quantitative estimate of drug-likeness (QED) is 0.915. The van der Waals surface area contributed by atoms with Crippen LogP contribution in [0.25, 0.3) is 0 Å². The maximum absolute atomic E-state index is 6.12. The number of hydrogen-bond acceptors (Lipinski definition) is 3. The molecule has 1 aromatic rings. The van der Waals surface area contributed by atoms with E-state index in [0.717, 1.165) is 38.3 Å². The highest BCUT2D eigenvalue weighted by atomic mass is 16.5. The fraction of sp³-hybridized carbons (Fsp3) is 0.647. The van der Waals surface area contributed by atoms with E-state index in [1.807, 2.05) is 0 Å². The maximum atomic E-state index is 6.12. The first-order chi connectivity index (χ1) is 9.86. The largest absolute Gasteiger partial charge is 0.490 e. The second kappa shape index (κ2) is 6.59. The molecule has 1 saturated heterocycles. The SMILES string of the molecule is CCNC1CCCc2cc(OC3CCOCC3)ccc21. The molecule has 1 aromatic carbocycles. The minimum absolute atomic E-state index is 0.329. The number of nitrogens with one attached hydrogen (secondary N) is 1. The summed E-state index contributed by atoms with van der Waals surface area (Å²) in [6, 6.07) is 7.19. The van der Waals surface area contributed by atoms with Crippen molar-refractivity contribution in [3.8, 4) is 5.75 Å². The first-order valence-electron chi connectivity index (χ1n) is 7.97. The average molecular weight is 275 g/mol. The standard InChI is InChI=1S/C17H25NO2/c1-2-18-17-5-3-4-13-12-15(6-7-16(13)17)20-14-8-10-19-11-9-14/h6-7,12,14,17-18H,2-5,8-11H2,1H3. The van der Waals surface area contributed by atoms with E-state index < -0.39 is 0 Å². The van der Waals surface area contributed by atoms with Gasteiger partial charge in [0.2, 0.25) is 0 Å². The zero-order valence-corrected chi connectivity index (χ0v) is 12.4. The van der Waals surface area contributed by atoms with Crippen LogP contribution in [0.3, 0.4) is 0 Å². The summed E-state index contributed by atoms with van der Waals surface area (Å²) in [4.78, 5) is 0. The molecule has 1 atom stereocenters. The Kier molecular flexibility index (Phi) is 4.58. The van der Waals surface area contributed by atoms with Crippen molar-refractivity contribution in [3.63, 3.8) is 0 Å². The molecule has 0 aromatic heterocycles. The average Bonchev–Trinajstić information content (AvgIpc) is 2.49. The van der Waals surface area contributed by atoms with Gasteiger partial charge < -0.3 is 14.8 Å². The lowest BCUT2D eigenvalue weighted by Crippen LogP contribution is -2.27. The molecule has 0 bridgehead atoms. The second-order valence-corrected chi connectivity index (χ2v) is 5.79. The monoisotopic (exact) mass is 275 g/mol. The molecular formula is C17H25NO2. The molecule has 1 aliphatic heterocycles. The first-order valence-corrected chi connectivity index (χ1v) is 7.97. The zero-order valence-electron chi connectivity index (χ0n) is 12.4. The Morgan fingerprint density at radius 2 is 2.10 bits per heavy atom. The summed E-state index contributed by atoms with van der Waals surface area (Å²) in [5.74, 6) is 1.03. The van der Waals surface area contributed by atoms with Crippen molar-refractivity contribution >= 4 is 0 Å². The van der Waals surface area contributed by atoms with Crippen molar-refractivity contribution in [3.05, 3.63) is 29.3 Å². The van der Waals surface area contributed by atoms with E-state index in [0.29, 0.717) is 12.1 Å². The molecule has 1 N–H and O–H groups in total. The Labute approximate surface area is 121 Å². The Balaban J connectivity index is 1.71. The van der Waals surface area contributed by atoms with E-state index in [4.69, 9.17) is 9.47 Å². The Hall–Kier alpha value is -1.06. The molecule has 3 nitrogen and oxygen atoms in total. The molecule has 0 saturated carbocycles. The molecule has 110 valence electrons. The highest BCUT2D eigenvalue weighted by Crippen LogP contribution is 2.32. The summed E-state index contributed by atoms with van der Waals surface area (Å²) in [6.07, 6.45) is 6.05. The van der Waals surface area contributed by atoms with Crippen LogP contribution in [0.4, 0.5) is 0 Å². The number of ether oxygens (including phenoxy) is 2. The zero-order chi connectivity index (χ0) is 13.8. The van der Waals surface area contributed by atoms with Gasteiger partial charge in [0, 0.05) is 18.9 Å². The van der Waals surface area contributed by atoms with E-state index in [-0.39, 0.29) is 0 Å². The van der Waals surface area contributed by atoms with Crippen LogP contribution in [-0.4, -0.2) is 25.9 Å². The third kappa shape index (κ3) is 3.15. The van der Waals surface area contributed by atoms with Crippen LogP contribution in [0.5, 0.6) is 5.75 Å². The van der Waals surface area contributed by atoms with Gasteiger partial charge >= 0.3 is 0 Å². The van der Waals surface area contributed by atoms with E-state index >= 15 is 0 Å². The summed E-state index contributed by atoms with van der Waals surface area (Å²) in [6.45, 7) is 4.87. The molecule has 1 heterocycles. The third-order valence-electron chi connectivity index (χ3n) is 4.35. The Bertz CT molecular complexity index is 441. The highest BCUT2D eigenvalue weighted by Gasteiger charge is 2.21. The number of rotatable bonds is 4. The summed E-state index contributed by atoms with van der Waals surface area (Å²) in [5, 5.41) is 3.58. The molecule has 3 rings (SSSR count). The molecule has 2 aliphatic rings. The van der Waals surface area contributed by atoms with Crippen LogP contribution in [0, 0.1) is 0 Å². The predicted octanol–water partition coefficient (Wildman–Crippen LogP) is 3.23. The molecule has 1 fully saturated rings. The fourth-order valence-electron chi connectivity index (χ4n) is 3.31. The topological polar surface area (TPSA) is 30.5 Å². The van der Waals surface area contributed by atoms with Crippen LogP contribution >= 0.6 is 0 Å². The minimum atomic E-state index is 0.329. The van der Waals surface area contributed by atoms with Crippen LogP contribution in [0.1, 0.15) is 49.8 Å². The second-order valence-electron chi connectivity index (χ2n) is 5.79. The normalized spacial score (nSPS) is 23.4. The van der Waals surface area contributed by atoms with Crippen molar-refractivity contribution in [1.82, 2.24) is 5.32 Å². The summed E-state index contributed by atoms with van der Waals surface area (Å²) in [7, 11) is 0. The molecule has 0 radical (unpaired) electrons. The molecular weight excluding hydrogens is 250 g/mol. The van der Waals surface area contributed by atoms with Gasteiger partial charge in [0.15, 0.2) is 0 Å². The number of fused-ring (bicyclic) bond motifs is 1. The number of hydrogen-bond donors (Lipinski definition) is 1. The van der Waals surface area contributed by atoms with Crippen LogP contribution in [0.2, 0.25) is 0 Å². The lowest BCUT2D eigenvalue weighted by Gasteiger charge is -2.28. The number of aryl methyl sites for hydroxylation is 1. The van der Waals surface area contributed by atoms with Crippen LogP contribution < -0.4 is 10.1 Å². The van der Waals surface area contributed by atoms with Gasteiger partial charge in [0.05, 0.1) is 13.2 Å². The predicted molar refractivity (Wildman–Crippen MR) is 80.3 cm³/mol. The Morgan fingerprint density at radius 3 is 2.90 bits per heavy atom. The van der Waals surface area contributed by atoms with E-state index in [9.17, 15) is 0 Å². The van der Waals surface area contributed by atoms with Gasteiger partial charge in [-0.1, -0.05) is 13.0 Å². The molecule has 1 unspecified atom stereocenters. The van der Waals surface area contributed by atoms with Crippen molar-refractivity contribution in [2.24, 2.45) is 0 Å². The van der Waals surface area contributed by atoms with Crippen LogP contribution in [-0.2, 0) is 11.2 Å². The van der Waals surface area contributed by atoms with Crippen molar-refractivity contribution in [1.29, 1.82) is 0 Å². The van der Waals surface area contributed by atoms with Gasteiger partial charge in [0.1, 0.15) is 11.9 Å². The van der Waals surface area contributed by atoms with Gasteiger partial charge in [-0.15, -0.1) is 0 Å². The lowest BCUT2D eigenvalue weighted by molar-refractivity contribution is 0.0255. The van der Waals surface area contributed by atoms with Crippen molar-refractivity contribution in [2.75, 3.05) is 19.8 Å². The lowest BCUT2D eigenvalue weighted by atomic mass is 9.87. The van der Waals surface area contributed by atoms with Crippen molar-refractivity contribution < 1.29 is 9.47 Å². The van der Waals surface area contributed by atoms with E-state index in [1.54, 1.807) is 0 Å². The summed E-state index contributed by atoms with van der Waals surface area (Å²) >= 11 is 0. The molecule has 1 aliphatic carbocycles. The third-order valence-corrected chi connectivity index (χ3v) is 4.35. The summed E-state index contributed by atoms with van der Waals surface area (Å²) < 4.78 is 11.5. The van der Waals surface area contributed by atoms with E-state index in [1.165, 1.54) is 30.4 Å². The Morgan fingerprint density at radius 1 is 1.25 bits per heavy atom. The van der Waals surface area contributed by atoms with Crippen LogP contribution in [0.15, 0.2) is 18.2 Å². The van der Waals surface area contributed by atoms with Gasteiger partial charge in [0.25, 0.3) is 0 Å². The van der Waals surface area contributed by atoms with Gasteiger partial charge in [-0.2, -0.15) is 0 Å². The van der Waals surface area contributed by atoms with E-state index in [2.05, 4.69) is 30.4 Å². The smallest absolute Gasteiger partial charge is 0.120 e. The van der Waals surface area contributed by atoms with Gasteiger partial charge in [-0.25, -0.2) is 0 Å². The molecule has 3 heteroatoms. The summed E-state index contributed by atoms with van der Waals surface area (Å²) in [5.41, 5.74) is 2.93. The maximum Gasteiger partial charge on any atom is 0.120 e. The first kappa shape index (κ1) is 13.9. The molecule has 20 heavy (non-hydrogen) atoms. The highest BCUT2D eigenvalue weighted by molar-refractivity contribution is 5.39. The molecule has 0 amide bonds. The molecule has 0 spiro atoms.